The summed E-state index contributed by atoms with van der Waals surface area (Å²) >= 11 is 0. The Labute approximate surface area is 126 Å². The van der Waals surface area contributed by atoms with E-state index in [2.05, 4.69) is 35.2 Å². The lowest BCUT2D eigenvalue weighted by Crippen LogP contribution is -2.35. The molecule has 0 saturated heterocycles. The number of ether oxygens (including phenoxy) is 1. The number of hydrogen-bond donors (Lipinski definition) is 1. The number of methoxy groups -OCH3 is 1. The number of para-hydroxylation sites is 1. The number of anilines is 1. The molecule has 0 fully saturated rings. The van der Waals surface area contributed by atoms with Crippen molar-refractivity contribution in [3.05, 3.63) is 59.7 Å². The Bertz CT molecular complexity index is 612. The fourth-order valence-corrected chi connectivity index (χ4v) is 3.02. The van der Waals surface area contributed by atoms with Crippen LogP contribution >= 0.6 is 0 Å². The van der Waals surface area contributed by atoms with Gasteiger partial charge in [-0.2, -0.15) is 0 Å². The van der Waals surface area contributed by atoms with Crippen molar-refractivity contribution in [1.29, 1.82) is 0 Å². The number of hydrogen-bond acceptors (Lipinski definition) is 3. The van der Waals surface area contributed by atoms with E-state index >= 15 is 0 Å². The highest BCUT2D eigenvalue weighted by molar-refractivity contribution is 5.55. The predicted octanol–water partition coefficient (Wildman–Crippen LogP) is 3.15. The fraction of sp³-hybridized carbons (Fsp3) is 0.333. The summed E-state index contributed by atoms with van der Waals surface area (Å²) in [5.74, 6) is 0.863. The topological polar surface area (TPSA) is 38.5 Å². The lowest BCUT2D eigenvalue weighted by atomic mass is 10.00. The third-order valence-electron chi connectivity index (χ3n) is 4.15. The summed E-state index contributed by atoms with van der Waals surface area (Å²) < 4.78 is 5.28. The smallest absolute Gasteiger partial charge is 0.119 e. The van der Waals surface area contributed by atoms with Crippen LogP contribution in [-0.4, -0.2) is 20.2 Å². The van der Waals surface area contributed by atoms with E-state index in [0.29, 0.717) is 0 Å². The molecule has 3 rings (SSSR count). The molecular weight excluding hydrogens is 260 g/mol. The zero-order chi connectivity index (χ0) is 14.7. The van der Waals surface area contributed by atoms with E-state index < -0.39 is 0 Å². The number of fused-ring (bicyclic) bond motifs is 1. The first-order valence-corrected chi connectivity index (χ1v) is 7.50. The van der Waals surface area contributed by atoms with Gasteiger partial charge in [-0.3, -0.25) is 0 Å². The Morgan fingerprint density at radius 3 is 2.90 bits per heavy atom. The van der Waals surface area contributed by atoms with Gasteiger partial charge in [-0.1, -0.05) is 30.3 Å². The first-order valence-electron chi connectivity index (χ1n) is 7.50. The molecule has 110 valence electrons. The third-order valence-corrected chi connectivity index (χ3v) is 4.15. The summed E-state index contributed by atoms with van der Waals surface area (Å²) in [4.78, 5) is 2.41. The number of nitrogens with zero attached hydrogens (tertiary/aromatic N) is 1. The number of benzene rings is 2. The van der Waals surface area contributed by atoms with Gasteiger partial charge in [-0.15, -0.1) is 0 Å². The van der Waals surface area contributed by atoms with Crippen molar-refractivity contribution >= 4 is 5.69 Å². The van der Waals surface area contributed by atoms with Crippen LogP contribution in [0.25, 0.3) is 0 Å². The van der Waals surface area contributed by atoms with Crippen LogP contribution in [0.15, 0.2) is 48.5 Å². The minimum atomic E-state index is -0.00810. The van der Waals surface area contributed by atoms with Crippen LogP contribution in [0.5, 0.6) is 5.75 Å². The summed E-state index contributed by atoms with van der Waals surface area (Å²) in [7, 11) is 1.69. The molecule has 3 heteroatoms. The first kappa shape index (κ1) is 14.0. The summed E-state index contributed by atoms with van der Waals surface area (Å²) in [5.41, 5.74) is 10.3. The largest absolute Gasteiger partial charge is 0.497 e. The van der Waals surface area contributed by atoms with E-state index in [4.69, 9.17) is 10.5 Å². The lowest BCUT2D eigenvalue weighted by molar-refractivity contribution is 0.413. The van der Waals surface area contributed by atoms with Crippen molar-refractivity contribution in [1.82, 2.24) is 0 Å². The lowest BCUT2D eigenvalue weighted by Gasteiger charge is -2.33. The normalized spacial score (nSPS) is 15.4. The van der Waals surface area contributed by atoms with Crippen molar-refractivity contribution in [3.63, 3.8) is 0 Å². The van der Waals surface area contributed by atoms with Crippen LogP contribution in [0.2, 0.25) is 0 Å². The SMILES string of the molecule is COc1cccc(C(N)CN2CCCc3ccccc32)c1. The van der Waals surface area contributed by atoms with E-state index in [1.165, 1.54) is 24.1 Å². The second-order valence-electron chi connectivity index (χ2n) is 5.56. The molecule has 0 amide bonds. The van der Waals surface area contributed by atoms with Gasteiger partial charge in [0.15, 0.2) is 0 Å². The van der Waals surface area contributed by atoms with Gasteiger partial charge in [-0.25, -0.2) is 0 Å². The summed E-state index contributed by atoms with van der Waals surface area (Å²) in [6.45, 7) is 1.92. The van der Waals surface area contributed by atoms with Crippen molar-refractivity contribution in [2.75, 3.05) is 25.1 Å². The molecule has 1 unspecified atom stereocenters. The van der Waals surface area contributed by atoms with Crippen molar-refractivity contribution < 1.29 is 4.74 Å². The van der Waals surface area contributed by atoms with Crippen LogP contribution in [0.4, 0.5) is 5.69 Å². The number of nitrogens with two attached hydrogens (primary N) is 1. The highest BCUT2D eigenvalue weighted by atomic mass is 16.5. The molecule has 2 aromatic carbocycles. The first-order chi connectivity index (χ1) is 10.3. The molecule has 3 nitrogen and oxygen atoms in total. The number of aryl methyl sites for hydroxylation is 1. The zero-order valence-electron chi connectivity index (χ0n) is 12.5. The van der Waals surface area contributed by atoms with Crippen molar-refractivity contribution in [2.45, 2.75) is 18.9 Å². The van der Waals surface area contributed by atoms with Gasteiger partial charge in [0.05, 0.1) is 7.11 Å². The fourth-order valence-electron chi connectivity index (χ4n) is 3.02. The Morgan fingerprint density at radius 1 is 1.19 bits per heavy atom. The molecule has 1 atom stereocenters. The Morgan fingerprint density at radius 2 is 2.05 bits per heavy atom. The van der Waals surface area contributed by atoms with Crippen molar-refractivity contribution in [3.8, 4) is 5.75 Å². The van der Waals surface area contributed by atoms with Crippen LogP contribution < -0.4 is 15.4 Å². The van der Waals surface area contributed by atoms with E-state index in [0.717, 1.165) is 24.4 Å². The van der Waals surface area contributed by atoms with E-state index in [1.54, 1.807) is 7.11 Å². The molecule has 0 bridgehead atoms. The minimum Gasteiger partial charge on any atom is -0.497 e. The molecule has 0 aliphatic carbocycles. The van der Waals surface area contributed by atoms with Gasteiger partial charge in [0.25, 0.3) is 0 Å². The molecule has 1 aliphatic rings. The quantitative estimate of drug-likeness (QED) is 0.936. The second kappa shape index (κ2) is 6.19. The van der Waals surface area contributed by atoms with E-state index in [1.807, 2.05) is 18.2 Å². The van der Waals surface area contributed by atoms with Gasteiger partial charge in [0.1, 0.15) is 5.75 Å². The average Bonchev–Trinajstić information content (AvgIpc) is 2.55. The Kier molecular flexibility index (Phi) is 4.11. The third kappa shape index (κ3) is 3.03. The second-order valence-corrected chi connectivity index (χ2v) is 5.56. The zero-order valence-corrected chi connectivity index (χ0v) is 12.5. The molecule has 2 N–H and O–H groups in total. The van der Waals surface area contributed by atoms with E-state index in [9.17, 15) is 0 Å². The molecule has 1 heterocycles. The molecule has 21 heavy (non-hydrogen) atoms. The van der Waals surface area contributed by atoms with Crippen LogP contribution in [0, 0.1) is 0 Å². The monoisotopic (exact) mass is 282 g/mol. The molecule has 0 radical (unpaired) electrons. The van der Waals surface area contributed by atoms with Crippen molar-refractivity contribution in [2.24, 2.45) is 5.73 Å². The van der Waals surface area contributed by atoms with Gasteiger partial charge in [0.2, 0.25) is 0 Å². The molecule has 2 aromatic rings. The van der Waals surface area contributed by atoms with Gasteiger partial charge < -0.3 is 15.4 Å². The van der Waals surface area contributed by atoms with Crippen LogP contribution in [-0.2, 0) is 6.42 Å². The molecule has 1 aliphatic heterocycles. The minimum absolute atomic E-state index is 0.00810. The van der Waals surface area contributed by atoms with Gasteiger partial charge >= 0.3 is 0 Å². The summed E-state index contributed by atoms with van der Waals surface area (Å²) in [5, 5.41) is 0. The Hall–Kier alpha value is -2.00. The maximum absolute atomic E-state index is 6.41. The summed E-state index contributed by atoms with van der Waals surface area (Å²) in [6, 6.07) is 16.7. The molecule has 0 saturated carbocycles. The maximum atomic E-state index is 6.41. The van der Waals surface area contributed by atoms with E-state index in [-0.39, 0.29) is 6.04 Å². The molecular formula is C18H22N2O. The molecule has 0 aromatic heterocycles. The van der Waals surface area contributed by atoms with Crippen LogP contribution in [0.3, 0.4) is 0 Å². The maximum Gasteiger partial charge on any atom is 0.119 e. The summed E-state index contributed by atoms with van der Waals surface area (Å²) in [6.07, 6.45) is 2.36. The highest BCUT2D eigenvalue weighted by Gasteiger charge is 2.19. The number of rotatable bonds is 4. The Balaban J connectivity index is 1.77. The highest BCUT2D eigenvalue weighted by Crippen LogP contribution is 2.28. The molecule has 0 spiro atoms. The standard InChI is InChI=1S/C18H22N2O/c1-21-16-9-4-7-15(12-16)17(19)13-20-11-5-8-14-6-2-3-10-18(14)20/h2-4,6-7,9-10,12,17H,5,8,11,13,19H2,1H3. The van der Waals surface area contributed by atoms with Gasteiger partial charge in [-0.05, 0) is 42.2 Å². The van der Waals surface area contributed by atoms with Crippen LogP contribution in [0.1, 0.15) is 23.6 Å². The van der Waals surface area contributed by atoms with Gasteiger partial charge in [0, 0.05) is 24.8 Å². The predicted molar refractivity (Wildman–Crippen MR) is 86.9 cm³/mol. The average molecular weight is 282 g/mol.